The molecule has 1 aromatic carbocycles. The lowest BCUT2D eigenvalue weighted by Crippen LogP contribution is -2.05. The van der Waals surface area contributed by atoms with Crippen LogP contribution < -0.4 is 0 Å². The van der Waals surface area contributed by atoms with Crippen molar-refractivity contribution in [3.8, 4) is 0 Å². The van der Waals surface area contributed by atoms with Gasteiger partial charge in [0, 0.05) is 4.83 Å². The second-order valence-electron chi connectivity index (χ2n) is 3.62. The molecule has 0 aromatic heterocycles. The van der Waals surface area contributed by atoms with E-state index in [2.05, 4.69) is 53.4 Å². The predicted octanol–water partition coefficient (Wildman–Crippen LogP) is 4.89. The van der Waals surface area contributed by atoms with Gasteiger partial charge in [-0.1, -0.05) is 58.4 Å². The Kier molecular flexibility index (Phi) is 5.41. The standard InChI is InChI=1S/C14H17Br/c1-3-8-12(9-4-2)14(15)13-10-6-5-7-11-13/h3-7,10-12,14H,1-2,8-9H2. The summed E-state index contributed by atoms with van der Waals surface area (Å²) in [5.74, 6) is 0.544. The molecule has 1 aromatic rings. The van der Waals surface area contributed by atoms with Crippen molar-refractivity contribution in [1.82, 2.24) is 0 Å². The van der Waals surface area contributed by atoms with Gasteiger partial charge in [0.2, 0.25) is 0 Å². The molecule has 0 aliphatic carbocycles. The number of benzene rings is 1. The van der Waals surface area contributed by atoms with Crippen LogP contribution in [-0.2, 0) is 0 Å². The molecule has 1 rings (SSSR count). The highest BCUT2D eigenvalue weighted by Crippen LogP contribution is 2.35. The Hall–Kier alpha value is -0.820. The zero-order chi connectivity index (χ0) is 11.1. The normalized spacial score (nSPS) is 12.4. The van der Waals surface area contributed by atoms with Gasteiger partial charge in [-0.15, -0.1) is 13.2 Å². The fraction of sp³-hybridized carbons (Fsp3) is 0.286. The number of alkyl halides is 1. The summed E-state index contributed by atoms with van der Waals surface area (Å²) < 4.78 is 0. The quantitative estimate of drug-likeness (QED) is 0.507. The highest BCUT2D eigenvalue weighted by molar-refractivity contribution is 9.09. The monoisotopic (exact) mass is 264 g/mol. The van der Waals surface area contributed by atoms with Crippen LogP contribution in [0.4, 0.5) is 0 Å². The molecule has 0 N–H and O–H groups in total. The number of hydrogen-bond donors (Lipinski definition) is 0. The van der Waals surface area contributed by atoms with E-state index in [1.165, 1.54) is 5.56 Å². The minimum atomic E-state index is 0.384. The number of halogens is 1. The highest BCUT2D eigenvalue weighted by Gasteiger charge is 2.17. The predicted molar refractivity (Wildman–Crippen MR) is 71.2 cm³/mol. The fourth-order valence-electron chi connectivity index (χ4n) is 1.67. The van der Waals surface area contributed by atoms with Crippen LogP contribution in [0.2, 0.25) is 0 Å². The summed E-state index contributed by atoms with van der Waals surface area (Å²) in [6, 6.07) is 10.5. The van der Waals surface area contributed by atoms with Crippen molar-refractivity contribution in [2.24, 2.45) is 5.92 Å². The van der Waals surface area contributed by atoms with Crippen molar-refractivity contribution >= 4 is 15.9 Å². The molecule has 80 valence electrons. The van der Waals surface area contributed by atoms with Crippen LogP contribution in [0.3, 0.4) is 0 Å². The van der Waals surface area contributed by atoms with Crippen LogP contribution >= 0.6 is 15.9 Å². The first kappa shape index (κ1) is 12.3. The molecule has 1 unspecified atom stereocenters. The van der Waals surface area contributed by atoms with E-state index in [1.807, 2.05) is 18.2 Å². The Morgan fingerprint density at radius 3 is 2.07 bits per heavy atom. The molecular weight excluding hydrogens is 248 g/mol. The van der Waals surface area contributed by atoms with Crippen molar-refractivity contribution in [1.29, 1.82) is 0 Å². The first-order valence-electron chi connectivity index (χ1n) is 5.20. The molecule has 0 aliphatic rings. The van der Waals surface area contributed by atoms with E-state index in [0.717, 1.165) is 12.8 Å². The molecule has 0 aliphatic heterocycles. The molecule has 0 nitrogen and oxygen atoms in total. The number of allylic oxidation sites excluding steroid dienone is 2. The van der Waals surface area contributed by atoms with E-state index >= 15 is 0 Å². The average molecular weight is 265 g/mol. The van der Waals surface area contributed by atoms with Crippen LogP contribution in [0.1, 0.15) is 23.2 Å². The van der Waals surface area contributed by atoms with Crippen molar-refractivity contribution in [2.75, 3.05) is 0 Å². The second-order valence-corrected chi connectivity index (χ2v) is 4.61. The Morgan fingerprint density at radius 1 is 1.07 bits per heavy atom. The molecule has 0 radical (unpaired) electrons. The van der Waals surface area contributed by atoms with E-state index < -0.39 is 0 Å². The van der Waals surface area contributed by atoms with Crippen molar-refractivity contribution < 1.29 is 0 Å². The van der Waals surface area contributed by atoms with Crippen LogP contribution in [0.15, 0.2) is 55.6 Å². The summed E-state index contributed by atoms with van der Waals surface area (Å²) in [6.45, 7) is 7.61. The maximum absolute atomic E-state index is 3.80. The Labute approximate surface area is 101 Å². The first-order chi connectivity index (χ1) is 7.29. The summed E-state index contributed by atoms with van der Waals surface area (Å²) in [7, 11) is 0. The summed E-state index contributed by atoms with van der Waals surface area (Å²) >= 11 is 3.76. The lowest BCUT2D eigenvalue weighted by atomic mass is 9.93. The van der Waals surface area contributed by atoms with Gasteiger partial charge < -0.3 is 0 Å². The van der Waals surface area contributed by atoms with Crippen LogP contribution in [-0.4, -0.2) is 0 Å². The number of rotatable bonds is 6. The van der Waals surface area contributed by atoms with Gasteiger partial charge in [-0.2, -0.15) is 0 Å². The highest BCUT2D eigenvalue weighted by atomic mass is 79.9. The van der Waals surface area contributed by atoms with E-state index in [-0.39, 0.29) is 0 Å². The Bertz CT molecular complexity index is 292. The maximum atomic E-state index is 3.80. The van der Waals surface area contributed by atoms with Gasteiger partial charge in [0.15, 0.2) is 0 Å². The first-order valence-corrected chi connectivity index (χ1v) is 6.12. The average Bonchev–Trinajstić information content (AvgIpc) is 2.29. The molecule has 15 heavy (non-hydrogen) atoms. The van der Waals surface area contributed by atoms with Gasteiger partial charge in [-0.05, 0) is 24.3 Å². The molecule has 0 saturated carbocycles. The summed E-state index contributed by atoms with van der Waals surface area (Å²) in [5, 5.41) is 0. The van der Waals surface area contributed by atoms with Gasteiger partial charge in [0.25, 0.3) is 0 Å². The Balaban J connectivity index is 2.75. The van der Waals surface area contributed by atoms with Crippen molar-refractivity contribution in [3.05, 3.63) is 61.2 Å². The molecule has 0 saturated heterocycles. The van der Waals surface area contributed by atoms with E-state index in [4.69, 9.17) is 0 Å². The van der Waals surface area contributed by atoms with Gasteiger partial charge in [-0.3, -0.25) is 0 Å². The van der Waals surface area contributed by atoms with Gasteiger partial charge >= 0.3 is 0 Å². The fourth-order valence-corrected chi connectivity index (χ4v) is 2.41. The minimum Gasteiger partial charge on any atom is -0.103 e. The topological polar surface area (TPSA) is 0 Å². The third-order valence-corrected chi connectivity index (χ3v) is 3.75. The molecule has 0 heterocycles. The van der Waals surface area contributed by atoms with Crippen molar-refractivity contribution in [2.45, 2.75) is 17.7 Å². The van der Waals surface area contributed by atoms with Crippen LogP contribution in [0.5, 0.6) is 0 Å². The Morgan fingerprint density at radius 2 is 1.60 bits per heavy atom. The smallest absolute Gasteiger partial charge is 0.0429 e. The molecule has 0 bridgehead atoms. The largest absolute Gasteiger partial charge is 0.103 e. The lowest BCUT2D eigenvalue weighted by molar-refractivity contribution is 0.536. The molecule has 1 atom stereocenters. The second kappa shape index (κ2) is 6.62. The third kappa shape index (κ3) is 3.67. The third-order valence-electron chi connectivity index (χ3n) is 2.47. The van der Waals surface area contributed by atoms with Crippen LogP contribution in [0, 0.1) is 5.92 Å². The van der Waals surface area contributed by atoms with Gasteiger partial charge in [-0.25, -0.2) is 0 Å². The zero-order valence-corrected chi connectivity index (χ0v) is 10.5. The van der Waals surface area contributed by atoms with E-state index in [0.29, 0.717) is 10.7 Å². The zero-order valence-electron chi connectivity index (χ0n) is 8.90. The summed E-state index contributed by atoms with van der Waals surface area (Å²) in [5.41, 5.74) is 1.33. The lowest BCUT2D eigenvalue weighted by Gasteiger charge is -2.20. The summed E-state index contributed by atoms with van der Waals surface area (Å²) in [6.07, 6.45) is 5.98. The molecular formula is C14H17Br. The molecule has 0 fully saturated rings. The van der Waals surface area contributed by atoms with E-state index in [9.17, 15) is 0 Å². The van der Waals surface area contributed by atoms with E-state index in [1.54, 1.807) is 0 Å². The van der Waals surface area contributed by atoms with Crippen LogP contribution in [0.25, 0.3) is 0 Å². The van der Waals surface area contributed by atoms with Crippen molar-refractivity contribution in [3.63, 3.8) is 0 Å². The summed E-state index contributed by atoms with van der Waals surface area (Å²) in [4.78, 5) is 0.384. The van der Waals surface area contributed by atoms with Gasteiger partial charge in [0.1, 0.15) is 0 Å². The minimum absolute atomic E-state index is 0.384. The number of hydrogen-bond acceptors (Lipinski definition) is 0. The van der Waals surface area contributed by atoms with Gasteiger partial charge in [0.05, 0.1) is 0 Å². The SMILES string of the molecule is C=CCC(CC=C)C(Br)c1ccccc1. The molecule has 0 amide bonds. The molecule has 1 heteroatoms. The molecule has 0 spiro atoms. The maximum Gasteiger partial charge on any atom is 0.0429 e.